The zero-order chi connectivity index (χ0) is 6.08. The Morgan fingerprint density at radius 1 is 1.00 bits per heavy atom. The van der Waals surface area contributed by atoms with Gasteiger partial charge in [-0.2, -0.15) is 0 Å². The third-order valence-electron chi connectivity index (χ3n) is 0.247. The summed E-state index contributed by atoms with van der Waals surface area (Å²) in [7, 11) is 0. The van der Waals surface area contributed by atoms with Crippen LogP contribution >= 0.6 is 62.2 Å². The second-order valence-electron chi connectivity index (χ2n) is 0.842. The van der Waals surface area contributed by atoms with E-state index >= 15 is 0 Å². The van der Waals surface area contributed by atoms with Crippen molar-refractivity contribution >= 4 is 62.2 Å². The fraction of sp³-hybridized carbons (Fsp3) is 1.00. The van der Waals surface area contributed by atoms with Gasteiger partial charge in [-0.05, 0) is 0 Å². The molecule has 0 fully saturated rings. The van der Waals surface area contributed by atoms with Crippen LogP contribution in [0.15, 0.2) is 0 Å². The van der Waals surface area contributed by atoms with Crippen molar-refractivity contribution in [2.24, 2.45) is 0 Å². The molecule has 0 atom stereocenters. The molecule has 0 saturated carbocycles. The van der Waals surface area contributed by atoms with Gasteiger partial charge in [-0.1, -0.05) is 0 Å². The van der Waals surface area contributed by atoms with Gasteiger partial charge in [-0.15, -0.1) is 0 Å². The molecule has 0 saturated heterocycles. The molecule has 0 N–H and O–H groups in total. The van der Waals surface area contributed by atoms with E-state index in [-0.39, 0.29) is 0 Å². The SMILES string of the molecule is ClC(Cl)[PH](Cl)(Cl)Cl. The molecule has 0 aromatic carbocycles. The molecule has 7 heavy (non-hydrogen) atoms. The van der Waals surface area contributed by atoms with Gasteiger partial charge in [0.15, 0.2) is 0 Å². The van der Waals surface area contributed by atoms with Gasteiger partial charge in [0.2, 0.25) is 0 Å². The molecule has 0 rings (SSSR count). The van der Waals surface area contributed by atoms with Crippen LogP contribution in [0.2, 0.25) is 0 Å². The standard InChI is InChI=1S/CH2Cl5P/c2-1(3)7(4,5)6/h1,7H. The summed E-state index contributed by atoms with van der Waals surface area (Å²) >= 11 is 26.2. The number of hydrogen-bond acceptors (Lipinski definition) is 0. The molecule has 0 amide bonds. The van der Waals surface area contributed by atoms with Gasteiger partial charge in [0.1, 0.15) is 0 Å². The summed E-state index contributed by atoms with van der Waals surface area (Å²) in [5, 5.41) is -2.79. The van der Waals surface area contributed by atoms with Crippen LogP contribution in [0.25, 0.3) is 0 Å². The Hall–Kier alpha value is 1.88. The fourth-order valence-corrected chi connectivity index (χ4v) is 0. The van der Waals surface area contributed by atoms with E-state index in [2.05, 4.69) is 0 Å². The molecule has 0 aliphatic heterocycles. The van der Waals surface area contributed by atoms with Crippen molar-refractivity contribution in [2.45, 2.75) is 4.58 Å². The Morgan fingerprint density at radius 3 is 1.14 bits per heavy atom. The first-order valence-electron chi connectivity index (χ1n) is 1.29. The zero-order valence-corrected chi connectivity index (χ0v) is 7.75. The molecule has 0 heterocycles. The summed E-state index contributed by atoms with van der Waals surface area (Å²) in [4.78, 5) is 0. The van der Waals surface area contributed by atoms with Gasteiger partial charge < -0.3 is 0 Å². The van der Waals surface area contributed by atoms with Crippen molar-refractivity contribution in [3.8, 4) is 0 Å². The summed E-state index contributed by atoms with van der Waals surface area (Å²) in [6, 6.07) is 0. The van der Waals surface area contributed by atoms with Gasteiger partial charge in [-0.25, -0.2) is 0 Å². The van der Waals surface area contributed by atoms with Crippen molar-refractivity contribution < 1.29 is 0 Å². The van der Waals surface area contributed by atoms with Crippen molar-refractivity contribution in [1.29, 1.82) is 0 Å². The van der Waals surface area contributed by atoms with Crippen LogP contribution in [-0.2, 0) is 0 Å². The number of alkyl halides is 2. The van der Waals surface area contributed by atoms with E-state index in [0.717, 1.165) is 0 Å². The van der Waals surface area contributed by atoms with Crippen LogP contribution < -0.4 is 0 Å². The molecular formula is CH2Cl5P. The van der Waals surface area contributed by atoms with Gasteiger partial charge in [-0.3, -0.25) is 0 Å². The topological polar surface area (TPSA) is 0 Å². The average Bonchev–Trinajstić information content (AvgIpc) is 1.31. The number of halogens is 5. The van der Waals surface area contributed by atoms with Crippen molar-refractivity contribution in [2.75, 3.05) is 0 Å². The van der Waals surface area contributed by atoms with Crippen molar-refractivity contribution in [1.82, 2.24) is 0 Å². The van der Waals surface area contributed by atoms with E-state index in [9.17, 15) is 0 Å². The second-order valence-corrected chi connectivity index (χ2v) is 11.4. The van der Waals surface area contributed by atoms with E-state index in [1.807, 2.05) is 0 Å². The molecule has 0 radical (unpaired) electrons. The van der Waals surface area contributed by atoms with E-state index in [4.69, 9.17) is 56.9 Å². The van der Waals surface area contributed by atoms with E-state index in [0.29, 0.717) is 0 Å². The Kier molecular flexibility index (Phi) is 4.00. The molecular weight excluding hydrogens is 220 g/mol. The molecule has 0 bridgehead atoms. The summed E-state index contributed by atoms with van der Waals surface area (Å²) < 4.78 is -0.822. The fourth-order valence-electron chi connectivity index (χ4n) is 0. The van der Waals surface area contributed by atoms with Gasteiger partial charge in [0.05, 0.1) is 0 Å². The van der Waals surface area contributed by atoms with Crippen LogP contribution in [-0.4, -0.2) is 4.58 Å². The zero-order valence-electron chi connectivity index (χ0n) is 2.97. The quantitative estimate of drug-likeness (QED) is 0.465. The third-order valence-corrected chi connectivity index (χ3v) is 6.68. The molecule has 6 heteroatoms. The van der Waals surface area contributed by atoms with Crippen LogP contribution in [0.1, 0.15) is 0 Å². The summed E-state index contributed by atoms with van der Waals surface area (Å²) in [6.45, 7) is 0. The Balaban J connectivity index is 3.54. The van der Waals surface area contributed by atoms with E-state index in [1.54, 1.807) is 0 Å². The average molecular weight is 222 g/mol. The van der Waals surface area contributed by atoms with Gasteiger partial charge in [0, 0.05) is 0 Å². The van der Waals surface area contributed by atoms with Crippen LogP contribution in [0.5, 0.6) is 0 Å². The molecule has 0 spiro atoms. The van der Waals surface area contributed by atoms with Gasteiger partial charge in [0.25, 0.3) is 0 Å². The molecule has 46 valence electrons. The maximum atomic E-state index is 5.27. The second kappa shape index (κ2) is 3.15. The number of rotatable bonds is 1. The molecule has 0 aromatic heterocycles. The molecule has 0 aliphatic carbocycles. The minimum atomic E-state index is -2.79. The van der Waals surface area contributed by atoms with Gasteiger partial charge >= 0.3 is 66.8 Å². The molecule has 0 aromatic rings. The normalized spacial score (nSPS) is 15.1. The van der Waals surface area contributed by atoms with E-state index < -0.39 is 9.90 Å². The third kappa shape index (κ3) is 4.39. The number of hydrogen-bond donors (Lipinski definition) is 0. The first-order valence-corrected chi connectivity index (χ1v) is 7.28. The predicted octanol–water partition coefficient (Wildman–Crippen LogP) is 3.96. The minimum absolute atomic E-state index is 0.822. The molecule has 0 nitrogen and oxygen atoms in total. The summed E-state index contributed by atoms with van der Waals surface area (Å²) in [5.74, 6) is 0. The van der Waals surface area contributed by atoms with Crippen LogP contribution in [0, 0.1) is 0 Å². The Morgan fingerprint density at radius 2 is 1.14 bits per heavy atom. The Labute approximate surface area is 66.7 Å². The summed E-state index contributed by atoms with van der Waals surface area (Å²) in [6.07, 6.45) is 0. The Bertz CT molecular complexity index is 53.6. The van der Waals surface area contributed by atoms with Crippen LogP contribution in [0.3, 0.4) is 0 Å². The monoisotopic (exact) mass is 220 g/mol. The predicted molar refractivity (Wildman–Crippen MR) is 41.4 cm³/mol. The van der Waals surface area contributed by atoms with E-state index in [1.165, 1.54) is 0 Å². The first-order chi connectivity index (χ1) is 2.94. The van der Waals surface area contributed by atoms with Crippen molar-refractivity contribution in [3.63, 3.8) is 0 Å². The molecule has 0 unspecified atom stereocenters. The van der Waals surface area contributed by atoms with Crippen LogP contribution in [0.4, 0.5) is 0 Å². The van der Waals surface area contributed by atoms with Crippen molar-refractivity contribution in [3.05, 3.63) is 0 Å². The summed E-state index contributed by atoms with van der Waals surface area (Å²) in [5.41, 5.74) is 0. The maximum absolute atomic E-state index is 5.27. The first kappa shape index (κ1) is 8.88. The molecule has 0 aliphatic rings.